The Hall–Kier alpha value is -2.02. The highest BCUT2D eigenvalue weighted by atomic mass is 16.5. The predicted octanol–water partition coefficient (Wildman–Crippen LogP) is 1.62. The van der Waals surface area contributed by atoms with Crippen molar-refractivity contribution in [2.75, 3.05) is 12.5 Å². The van der Waals surface area contributed by atoms with Crippen LogP contribution in [0.4, 0.5) is 5.69 Å². The molecule has 0 unspecified atom stereocenters. The SMILES string of the molecule is COc1ccccc1N/N=C/C#N. The van der Waals surface area contributed by atoms with Crippen LogP contribution >= 0.6 is 0 Å². The molecule has 0 heterocycles. The third kappa shape index (κ3) is 2.49. The molecule has 1 aromatic carbocycles. The maximum atomic E-state index is 8.20. The van der Waals surface area contributed by atoms with E-state index in [-0.39, 0.29) is 0 Å². The zero-order valence-corrected chi connectivity index (χ0v) is 7.19. The number of methoxy groups -OCH3 is 1. The lowest BCUT2D eigenvalue weighted by atomic mass is 10.3. The molecule has 0 fully saturated rings. The molecule has 13 heavy (non-hydrogen) atoms. The van der Waals surface area contributed by atoms with Gasteiger partial charge in [0, 0.05) is 0 Å². The molecule has 0 bridgehead atoms. The summed E-state index contributed by atoms with van der Waals surface area (Å²) >= 11 is 0. The van der Waals surface area contributed by atoms with E-state index in [1.807, 2.05) is 24.3 Å². The van der Waals surface area contributed by atoms with Crippen LogP contribution in [-0.4, -0.2) is 13.3 Å². The molecule has 0 radical (unpaired) electrons. The average Bonchev–Trinajstić information content (AvgIpc) is 2.19. The number of hydrogen-bond acceptors (Lipinski definition) is 4. The number of nitrogens with zero attached hydrogens (tertiary/aromatic N) is 2. The summed E-state index contributed by atoms with van der Waals surface area (Å²) in [5.41, 5.74) is 3.42. The standard InChI is InChI=1S/C9H9N3O/c1-13-9-5-3-2-4-8(9)12-11-7-6-10/h2-5,7,12H,1H3/b11-7+. The van der Waals surface area contributed by atoms with Crippen LogP contribution in [0.25, 0.3) is 0 Å². The van der Waals surface area contributed by atoms with Gasteiger partial charge in [-0.15, -0.1) is 0 Å². The fraction of sp³-hybridized carbons (Fsp3) is 0.111. The zero-order valence-electron chi connectivity index (χ0n) is 7.19. The number of anilines is 1. The van der Waals surface area contributed by atoms with Crippen LogP contribution in [0.15, 0.2) is 29.4 Å². The van der Waals surface area contributed by atoms with E-state index >= 15 is 0 Å². The van der Waals surface area contributed by atoms with E-state index in [9.17, 15) is 0 Å². The number of rotatable bonds is 3. The Morgan fingerprint density at radius 3 is 3.00 bits per heavy atom. The topological polar surface area (TPSA) is 57.4 Å². The minimum absolute atomic E-state index is 0.692. The van der Waals surface area contributed by atoms with Crippen LogP contribution < -0.4 is 10.2 Å². The lowest BCUT2D eigenvalue weighted by Crippen LogP contribution is -1.92. The molecule has 0 amide bonds. The van der Waals surface area contributed by atoms with Crippen LogP contribution in [0.5, 0.6) is 5.75 Å². The van der Waals surface area contributed by atoms with E-state index in [4.69, 9.17) is 10.00 Å². The monoisotopic (exact) mass is 175 g/mol. The van der Waals surface area contributed by atoms with E-state index in [0.717, 1.165) is 11.9 Å². The zero-order chi connectivity index (χ0) is 9.52. The molecule has 0 aliphatic carbocycles. The minimum Gasteiger partial charge on any atom is -0.495 e. The molecule has 1 rings (SSSR count). The van der Waals surface area contributed by atoms with Gasteiger partial charge >= 0.3 is 0 Å². The molecule has 1 aromatic rings. The largest absolute Gasteiger partial charge is 0.495 e. The number of ether oxygens (including phenoxy) is 1. The second kappa shape index (κ2) is 4.78. The highest BCUT2D eigenvalue weighted by Crippen LogP contribution is 2.22. The van der Waals surface area contributed by atoms with Gasteiger partial charge in [0.05, 0.1) is 12.8 Å². The summed E-state index contributed by atoms with van der Waals surface area (Å²) in [6, 6.07) is 9.12. The lowest BCUT2D eigenvalue weighted by Gasteiger charge is -2.05. The van der Waals surface area contributed by atoms with Crippen molar-refractivity contribution in [2.24, 2.45) is 5.10 Å². The first-order valence-electron chi connectivity index (χ1n) is 3.68. The van der Waals surface area contributed by atoms with Gasteiger partial charge in [-0.3, -0.25) is 5.43 Å². The number of para-hydroxylation sites is 2. The molecule has 66 valence electrons. The highest BCUT2D eigenvalue weighted by molar-refractivity contribution is 5.76. The normalized spacial score (nSPS) is 9.54. The van der Waals surface area contributed by atoms with Gasteiger partial charge in [-0.25, -0.2) is 0 Å². The van der Waals surface area contributed by atoms with E-state index in [0.29, 0.717) is 5.75 Å². The predicted molar refractivity (Wildman–Crippen MR) is 50.7 cm³/mol. The van der Waals surface area contributed by atoms with E-state index < -0.39 is 0 Å². The molecular formula is C9H9N3O. The molecule has 0 aliphatic heterocycles. The second-order valence-corrected chi connectivity index (χ2v) is 2.20. The maximum Gasteiger partial charge on any atom is 0.143 e. The van der Waals surface area contributed by atoms with Crippen molar-refractivity contribution < 1.29 is 4.74 Å². The summed E-state index contributed by atoms with van der Waals surface area (Å²) < 4.78 is 5.06. The van der Waals surface area contributed by atoms with E-state index in [1.165, 1.54) is 0 Å². The first kappa shape index (κ1) is 9.07. The molecule has 0 aliphatic rings. The van der Waals surface area contributed by atoms with Crippen LogP contribution in [-0.2, 0) is 0 Å². The molecular weight excluding hydrogens is 166 g/mol. The van der Waals surface area contributed by atoms with Crippen LogP contribution in [0.3, 0.4) is 0 Å². The highest BCUT2D eigenvalue weighted by Gasteiger charge is 1.97. The van der Waals surface area contributed by atoms with Gasteiger partial charge in [-0.05, 0) is 12.1 Å². The van der Waals surface area contributed by atoms with Crippen LogP contribution in [0.1, 0.15) is 0 Å². The molecule has 0 saturated carbocycles. The number of benzene rings is 1. The van der Waals surface area contributed by atoms with Gasteiger partial charge in [0.15, 0.2) is 0 Å². The molecule has 4 heteroatoms. The fourth-order valence-corrected chi connectivity index (χ4v) is 0.868. The first-order valence-corrected chi connectivity index (χ1v) is 3.68. The van der Waals surface area contributed by atoms with Crippen molar-refractivity contribution in [3.63, 3.8) is 0 Å². The Labute approximate surface area is 76.4 Å². The van der Waals surface area contributed by atoms with Gasteiger partial charge in [0.2, 0.25) is 0 Å². The number of hydrogen-bond donors (Lipinski definition) is 1. The summed E-state index contributed by atoms with van der Waals surface area (Å²) in [6.07, 6.45) is 1.12. The van der Waals surface area contributed by atoms with Crippen LogP contribution in [0, 0.1) is 11.3 Å². The molecule has 0 atom stereocenters. The van der Waals surface area contributed by atoms with Crippen molar-refractivity contribution in [1.82, 2.24) is 0 Å². The number of nitrogens with one attached hydrogen (secondary N) is 1. The minimum atomic E-state index is 0.692. The van der Waals surface area contributed by atoms with Gasteiger partial charge in [-0.1, -0.05) is 12.1 Å². The van der Waals surface area contributed by atoms with Gasteiger partial charge < -0.3 is 4.74 Å². The molecule has 0 spiro atoms. The Morgan fingerprint density at radius 1 is 1.54 bits per heavy atom. The maximum absolute atomic E-state index is 8.20. The molecule has 1 N–H and O–H groups in total. The summed E-state index contributed by atoms with van der Waals surface area (Å²) in [4.78, 5) is 0. The van der Waals surface area contributed by atoms with Crippen molar-refractivity contribution in [1.29, 1.82) is 5.26 Å². The smallest absolute Gasteiger partial charge is 0.143 e. The third-order valence-electron chi connectivity index (χ3n) is 1.41. The quantitative estimate of drug-likeness (QED) is 0.561. The second-order valence-electron chi connectivity index (χ2n) is 2.20. The van der Waals surface area contributed by atoms with E-state index in [2.05, 4.69) is 10.5 Å². The Kier molecular flexibility index (Phi) is 3.33. The fourth-order valence-electron chi connectivity index (χ4n) is 0.868. The number of nitriles is 1. The van der Waals surface area contributed by atoms with Crippen molar-refractivity contribution in [3.8, 4) is 11.8 Å². The van der Waals surface area contributed by atoms with Crippen molar-refractivity contribution in [2.45, 2.75) is 0 Å². The van der Waals surface area contributed by atoms with Crippen LogP contribution in [0.2, 0.25) is 0 Å². The Morgan fingerprint density at radius 2 is 2.31 bits per heavy atom. The average molecular weight is 175 g/mol. The molecule has 0 saturated heterocycles. The summed E-state index contributed by atoms with van der Waals surface area (Å²) in [7, 11) is 1.58. The lowest BCUT2D eigenvalue weighted by molar-refractivity contribution is 0.416. The van der Waals surface area contributed by atoms with Crippen molar-refractivity contribution >= 4 is 11.9 Å². The first-order chi connectivity index (χ1) is 6.38. The molecule has 4 nitrogen and oxygen atoms in total. The Balaban J connectivity index is 2.76. The molecule has 0 aromatic heterocycles. The summed E-state index contributed by atoms with van der Waals surface area (Å²) in [6.45, 7) is 0. The van der Waals surface area contributed by atoms with Crippen molar-refractivity contribution in [3.05, 3.63) is 24.3 Å². The summed E-state index contributed by atoms with van der Waals surface area (Å²) in [5.74, 6) is 0.692. The van der Waals surface area contributed by atoms with Gasteiger partial charge in [0.25, 0.3) is 0 Å². The summed E-state index contributed by atoms with van der Waals surface area (Å²) in [5, 5.41) is 11.9. The van der Waals surface area contributed by atoms with Gasteiger partial charge in [-0.2, -0.15) is 10.4 Å². The Bertz CT molecular complexity index is 341. The van der Waals surface area contributed by atoms with E-state index in [1.54, 1.807) is 13.2 Å². The van der Waals surface area contributed by atoms with Gasteiger partial charge in [0.1, 0.15) is 18.0 Å². The number of hydrazone groups is 1. The third-order valence-corrected chi connectivity index (χ3v) is 1.41.